The van der Waals surface area contributed by atoms with Crippen molar-refractivity contribution >= 4 is 6.03 Å². The number of urea groups is 1. The Labute approximate surface area is 140 Å². The molecule has 2 amide bonds. The monoisotopic (exact) mass is 349 g/mol. The maximum Gasteiger partial charge on any atom is 0.401 e. The van der Waals surface area contributed by atoms with Gasteiger partial charge in [0, 0.05) is 31.7 Å². The molecule has 5 atom stereocenters. The van der Waals surface area contributed by atoms with Crippen molar-refractivity contribution in [2.24, 2.45) is 23.7 Å². The molecule has 5 nitrogen and oxygen atoms in total. The SMILES string of the molecule is O=C(NCC1CCN(CC(F)(F)F)C1)NC1C2CCC(C2)C1CO. The van der Waals surface area contributed by atoms with Crippen molar-refractivity contribution in [1.82, 2.24) is 15.5 Å². The Balaban J connectivity index is 1.39. The highest BCUT2D eigenvalue weighted by atomic mass is 19.4. The zero-order valence-electron chi connectivity index (χ0n) is 13.7. The number of halogens is 3. The van der Waals surface area contributed by atoms with Gasteiger partial charge in [0.1, 0.15) is 0 Å². The van der Waals surface area contributed by atoms with Crippen LogP contribution in [0, 0.1) is 23.7 Å². The number of aliphatic hydroxyl groups is 1. The number of alkyl halides is 3. The van der Waals surface area contributed by atoms with E-state index >= 15 is 0 Å². The third-order valence-electron chi connectivity index (χ3n) is 5.92. The van der Waals surface area contributed by atoms with E-state index in [-0.39, 0.29) is 30.5 Å². The van der Waals surface area contributed by atoms with Crippen LogP contribution in [0.3, 0.4) is 0 Å². The van der Waals surface area contributed by atoms with E-state index in [2.05, 4.69) is 10.6 Å². The van der Waals surface area contributed by atoms with Crippen molar-refractivity contribution in [2.75, 3.05) is 32.8 Å². The largest absolute Gasteiger partial charge is 0.401 e. The number of aliphatic hydroxyl groups excluding tert-OH is 1. The molecular formula is C16H26F3N3O2. The summed E-state index contributed by atoms with van der Waals surface area (Å²) in [6.45, 7) is 0.407. The molecule has 24 heavy (non-hydrogen) atoms. The normalized spacial score (nSPS) is 36.2. The van der Waals surface area contributed by atoms with E-state index in [1.165, 1.54) is 4.90 Å². The number of hydrogen-bond acceptors (Lipinski definition) is 3. The fourth-order valence-electron chi connectivity index (χ4n) is 4.81. The molecule has 138 valence electrons. The lowest BCUT2D eigenvalue weighted by molar-refractivity contribution is -0.143. The minimum Gasteiger partial charge on any atom is -0.396 e. The van der Waals surface area contributed by atoms with Gasteiger partial charge in [-0.3, -0.25) is 4.90 Å². The Morgan fingerprint density at radius 1 is 1.21 bits per heavy atom. The van der Waals surface area contributed by atoms with Crippen molar-refractivity contribution in [2.45, 2.75) is 37.9 Å². The number of likely N-dealkylation sites (tertiary alicyclic amines) is 1. The van der Waals surface area contributed by atoms with Crippen molar-refractivity contribution < 1.29 is 23.1 Å². The van der Waals surface area contributed by atoms with Crippen molar-refractivity contribution in [3.05, 3.63) is 0 Å². The number of hydrogen-bond donors (Lipinski definition) is 3. The van der Waals surface area contributed by atoms with Gasteiger partial charge in [0.2, 0.25) is 0 Å². The zero-order valence-corrected chi connectivity index (χ0v) is 13.7. The number of rotatable bonds is 5. The molecule has 0 aromatic heterocycles. The topological polar surface area (TPSA) is 64.6 Å². The van der Waals surface area contributed by atoms with E-state index in [0.717, 1.165) is 19.3 Å². The van der Waals surface area contributed by atoms with Gasteiger partial charge in [-0.05, 0) is 50.0 Å². The lowest BCUT2D eigenvalue weighted by Gasteiger charge is -2.30. The molecule has 3 N–H and O–H groups in total. The van der Waals surface area contributed by atoms with Crippen LogP contribution in [-0.4, -0.2) is 61.0 Å². The molecule has 2 aliphatic carbocycles. The molecule has 2 saturated carbocycles. The van der Waals surface area contributed by atoms with E-state index in [0.29, 0.717) is 37.9 Å². The summed E-state index contributed by atoms with van der Waals surface area (Å²) in [7, 11) is 0. The molecule has 3 aliphatic rings. The van der Waals surface area contributed by atoms with Gasteiger partial charge < -0.3 is 15.7 Å². The molecule has 3 fully saturated rings. The minimum atomic E-state index is -4.17. The summed E-state index contributed by atoms with van der Waals surface area (Å²) in [6.07, 6.45) is -0.191. The molecule has 1 saturated heterocycles. The van der Waals surface area contributed by atoms with Crippen LogP contribution in [0.5, 0.6) is 0 Å². The van der Waals surface area contributed by atoms with Gasteiger partial charge >= 0.3 is 12.2 Å². The van der Waals surface area contributed by atoms with Crippen LogP contribution >= 0.6 is 0 Å². The van der Waals surface area contributed by atoms with Gasteiger partial charge in [-0.2, -0.15) is 13.2 Å². The Hall–Kier alpha value is -1.02. The van der Waals surface area contributed by atoms with Gasteiger partial charge in [0.15, 0.2) is 0 Å². The predicted octanol–water partition coefficient (Wildman–Crippen LogP) is 1.58. The molecule has 0 radical (unpaired) electrons. The van der Waals surface area contributed by atoms with E-state index in [4.69, 9.17) is 0 Å². The van der Waals surface area contributed by atoms with Gasteiger partial charge in [0.25, 0.3) is 0 Å². The first-order valence-corrected chi connectivity index (χ1v) is 8.80. The van der Waals surface area contributed by atoms with E-state index in [9.17, 15) is 23.1 Å². The second kappa shape index (κ2) is 7.07. The second-order valence-corrected chi connectivity index (χ2v) is 7.56. The summed E-state index contributed by atoms with van der Waals surface area (Å²) in [5.74, 6) is 1.16. The summed E-state index contributed by atoms with van der Waals surface area (Å²) < 4.78 is 37.1. The molecule has 0 aromatic rings. The molecule has 5 unspecified atom stereocenters. The molecule has 2 bridgehead atoms. The lowest BCUT2D eigenvalue weighted by Crippen LogP contribution is -2.50. The Morgan fingerprint density at radius 2 is 1.96 bits per heavy atom. The molecular weight excluding hydrogens is 323 g/mol. The van der Waals surface area contributed by atoms with Gasteiger partial charge in [-0.15, -0.1) is 0 Å². The molecule has 3 rings (SSSR count). The fourth-order valence-corrected chi connectivity index (χ4v) is 4.81. The lowest BCUT2D eigenvalue weighted by atomic mass is 9.85. The van der Waals surface area contributed by atoms with Crippen LogP contribution in [0.15, 0.2) is 0 Å². The molecule has 0 aromatic carbocycles. The van der Waals surface area contributed by atoms with Crippen LogP contribution in [-0.2, 0) is 0 Å². The highest BCUT2D eigenvalue weighted by Gasteiger charge is 2.47. The Morgan fingerprint density at radius 3 is 2.67 bits per heavy atom. The van der Waals surface area contributed by atoms with E-state index in [1.54, 1.807) is 0 Å². The van der Waals surface area contributed by atoms with E-state index in [1.807, 2.05) is 0 Å². The van der Waals surface area contributed by atoms with Crippen molar-refractivity contribution in [3.8, 4) is 0 Å². The van der Waals surface area contributed by atoms with Crippen LogP contribution in [0.4, 0.5) is 18.0 Å². The molecule has 1 heterocycles. The van der Waals surface area contributed by atoms with Crippen LogP contribution < -0.4 is 10.6 Å². The summed E-state index contributed by atoms with van der Waals surface area (Å²) in [5.41, 5.74) is 0. The van der Waals surface area contributed by atoms with Gasteiger partial charge in [-0.1, -0.05) is 0 Å². The summed E-state index contributed by atoms with van der Waals surface area (Å²) in [6, 6.07) is -0.237. The standard InChI is InChI=1S/C16H26F3N3O2/c17-16(18,19)9-22-4-3-10(7-22)6-20-15(24)21-14-12-2-1-11(5-12)13(14)8-23/h10-14,23H,1-9H2,(H2,20,21,24). The van der Waals surface area contributed by atoms with Crippen LogP contribution in [0.1, 0.15) is 25.7 Å². The minimum absolute atomic E-state index is 0.0269. The molecule has 0 spiro atoms. The third kappa shape index (κ3) is 4.14. The Kier molecular flexibility index (Phi) is 5.24. The average Bonchev–Trinajstić information content (AvgIpc) is 3.19. The quantitative estimate of drug-likeness (QED) is 0.706. The smallest absolute Gasteiger partial charge is 0.396 e. The predicted molar refractivity (Wildman–Crippen MR) is 82.3 cm³/mol. The van der Waals surface area contributed by atoms with Gasteiger partial charge in [-0.25, -0.2) is 4.79 Å². The van der Waals surface area contributed by atoms with Gasteiger partial charge in [0.05, 0.1) is 6.54 Å². The van der Waals surface area contributed by atoms with Crippen LogP contribution in [0.2, 0.25) is 0 Å². The number of fused-ring (bicyclic) bond motifs is 2. The highest BCUT2D eigenvalue weighted by Crippen LogP contribution is 2.48. The molecule has 8 heteroatoms. The van der Waals surface area contributed by atoms with Crippen LogP contribution in [0.25, 0.3) is 0 Å². The average molecular weight is 349 g/mol. The summed E-state index contributed by atoms with van der Waals surface area (Å²) in [4.78, 5) is 13.5. The first kappa shape index (κ1) is 17.8. The highest BCUT2D eigenvalue weighted by molar-refractivity contribution is 5.74. The number of nitrogens with zero attached hydrogens (tertiary/aromatic N) is 1. The molecule has 1 aliphatic heterocycles. The third-order valence-corrected chi connectivity index (χ3v) is 5.92. The number of carbonyl (C=O) groups is 1. The fraction of sp³-hybridized carbons (Fsp3) is 0.938. The summed E-state index contributed by atoms with van der Waals surface area (Å²) >= 11 is 0. The first-order chi connectivity index (χ1) is 11.4. The number of nitrogens with one attached hydrogen (secondary N) is 2. The second-order valence-electron chi connectivity index (χ2n) is 7.56. The zero-order chi connectivity index (χ0) is 17.3. The van der Waals surface area contributed by atoms with Crippen molar-refractivity contribution in [3.63, 3.8) is 0 Å². The van der Waals surface area contributed by atoms with Crippen molar-refractivity contribution in [1.29, 1.82) is 0 Å². The first-order valence-electron chi connectivity index (χ1n) is 8.80. The Bertz CT molecular complexity index is 460. The maximum absolute atomic E-state index is 12.4. The maximum atomic E-state index is 12.4. The number of amides is 2. The van der Waals surface area contributed by atoms with E-state index < -0.39 is 12.7 Å². The summed E-state index contributed by atoms with van der Waals surface area (Å²) in [5, 5.41) is 15.3. The number of carbonyl (C=O) groups excluding carboxylic acids is 1.